The zero-order valence-electron chi connectivity index (χ0n) is 11.6. The van der Waals surface area contributed by atoms with Gasteiger partial charge in [-0.3, -0.25) is 9.69 Å². The second-order valence-corrected chi connectivity index (χ2v) is 5.05. The van der Waals surface area contributed by atoms with Crippen LogP contribution in [0.15, 0.2) is 0 Å². The Balaban J connectivity index is 2.21. The van der Waals surface area contributed by atoms with E-state index < -0.39 is 0 Å². The molecule has 1 aliphatic rings. The maximum atomic E-state index is 11.3. The number of piperazine rings is 1. The molecule has 106 valence electrons. The lowest BCUT2D eigenvalue weighted by Gasteiger charge is -2.37. The molecule has 0 aromatic carbocycles. The average molecular weight is 256 g/mol. The molecule has 0 bridgehead atoms. The first kappa shape index (κ1) is 15.4. The van der Waals surface area contributed by atoms with Crippen molar-refractivity contribution in [3.63, 3.8) is 0 Å². The lowest BCUT2D eigenvalue weighted by molar-refractivity contribution is -0.124. The Morgan fingerprint density at radius 3 is 2.33 bits per heavy atom. The largest absolute Gasteiger partial charge is 0.368 e. The van der Waals surface area contributed by atoms with Crippen LogP contribution >= 0.6 is 0 Å². The monoisotopic (exact) mass is 256 g/mol. The second-order valence-electron chi connectivity index (χ2n) is 5.05. The molecule has 1 unspecified atom stereocenters. The molecule has 1 amide bonds. The Morgan fingerprint density at radius 1 is 1.17 bits per heavy atom. The van der Waals surface area contributed by atoms with E-state index in [-0.39, 0.29) is 11.9 Å². The summed E-state index contributed by atoms with van der Waals surface area (Å²) in [5, 5.41) is 0. The number of hydrogen-bond donors (Lipinski definition) is 2. The third kappa shape index (κ3) is 4.92. The first-order valence-electron chi connectivity index (χ1n) is 7.14. The molecule has 4 N–H and O–H groups in total. The van der Waals surface area contributed by atoms with Gasteiger partial charge < -0.3 is 16.4 Å². The van der Waals surface area contributed by atoms with Gasteiger partial charge in [0, 0.05) is 26.2 Å². The van der Waals surface area contributed by atoms with Crippen molar-refractivity contribution < 1.29 is 4.79 Å². The molecule has 0 aromatic heterocycles. The molecule has 1 saturated heterocycles. The minimum Gasteiger partial charge on any atom is -0.368 e. The average Bonchev–Trinajstić information content (AvgIpc) is 2.37. The van der Waals surface area contributed by atoms with Crippen molar-refractivity contribution in [1.82, 2.24) is 9.80 Å². The number of rotatable bonds is 8. The van der Waals surface area contributed by atoms with Gasteiger partial charge in [0.1, 0.15) is 0 Å². The van der Waals surface area contributed by atoms with Crippen LogP contribution in [0.5, 0.6) is 0 Å². The topological polar surface area (TPSA) is 75.6 Å². The van der Waals surface area contributed by atoms with Crippen LogP contribution in [0, 0.1) is 0 Å². The molecule has 1 atom stereocenters. The van der Waals surface area contributed by atoms with Gasteiger partial charge in [-0.25, -0.2) is 0 Å². The van der Waals surface area contributed by atoms with Gasteiger partial charge in [-0.2, -0.15) is 0 Å². The molecule has 0 aromatic rings. The van der Waals surface area contributed by atoms with Crippen molar-refractivity contribution in [3.05, 3.63) is 0 Å². The van der Waals surface area contributed by atoms with Crippen molar-refractivity contribution in [3.8, 4) is 0 Å². The van der Waals surface area contributed by atoms with Gasteiger partial charge in [0.15, 0.2) is 0 Å². The Hall–Kier alpha value is -0.650. The third-order valence-electron chi connectivity index (χ3n) is 3.74. The van der Waals surface area contributed by atoms with E-state index >= 15 is 0 Å². The van der Waals surface area contributed by atoms with Gasteiger partial charge in [0.2, 0.25) is 5.91 Å². The standard InChI is InChI=1S/C13H28N4O/c1-2-12(13(15)18)17-10-8-16(9-11-17)7-5-3-4-6-14/h12H,2-11,14H2,1H3,(H2,15,18). The molecule has 0 spiro atoms. The molecule has 1 heterocycles. The molecule has 1 aliphatic heterocycles. The summed E-state index contributed by atoms with van der Waals surface area (Å²) >= 11 is 0. The highest BCUT2D eigenvalue weighted by atomic mass is 16.1. The quantitative estimate of drug-likeness (QED) is 0.599. The smallest absolute Gasteiger partial charge is 0.234 e. The van der Waals surface area contributed by atoms with Crippen LogP contribution in [0.4, 0.5) is 0 Å². The maximum Gasteiger partial charge on any atom is 0.234 e. The maximum absolute atomic E-state index is 11.3. The highest BCUT2D eigenvalue weighted by Crippen LogP contribution is 2.10. The molecule has 1 rings (SSSR count). The van der Waals surface area contributed by atoms with Crippen LogP contribution < -0.4 is 11.5 Å². The van der Waals surface area contributed by atoms with Crippen molar-refractivity contribution in [2.45, 2.75) is 38.6 Å². The van der Waals surface area contributed by atoms with E-state index in [0.29, 0.717) is 0 Å². The van der Waals surface area contributed by atoms with Crippen molar-refractivity contribution >= 4 is 5.91 Å². The van der Waals surface area contributed by atoms with Crippen molar-refractivity contribution in [2.75, 3.05) is 39.3 Å². The summed E-state index contributed by atoms with van der Waals surface area (Å²) in [6.45, 7) is 7.98. The Kier molecular flexibility index (Phi) is 7.23. The van der Waals surface area contributed by atoms with Crippen LogP contribution in [0.2, 0.25) is 0 Å². The molecule has 5 nitrogen and oxygen atoms in total. The fourth-order valence-corrected chi connectivity index (χ4v) is 2.59. The highest BCUT2D eigenvalue weighted by Gasteiger charge is 2.25. The summed E-state index contributed by atoms with van der Waals surface area (Å²) in [6, 6.07) is -0.0793. The van der Waals surface area contributed by atoms with Crippen molar-refractivity contribution in [2.24, 2.45) is 11.5 Å². The Labute approximate surface area is 110 Å². The summed E-state index contributed by atoms with van der Waals surface area (Å²) < 4.78 is 0. The van der Waals surface area contributed by atoms with Crippen LogP contribution in [0.25, 0.3) is 0 Å². The number of unbranched alkanes of at least 4 members (excludes halogenated alkanes) is 2. The van der Waals surface area contributed by atoms with Gasteiger partial charge in [-0.05, 0) is 32.4 Å². The van der Waals surface area contributed by atoms with E-state index in [1.165, 1.54) is 12.8 Å². The van der Waals surface area contributed by atoms with Gasteiger partial charge >= 0.3 is 0 Å². The van der Waals surface area contributed by atoms with E-state index in [9.17, 15) is 4.79 Å². The number of nitrogens with zero attached hydrogens (tertiary/aromatic N) is 2. The van der Waals surface area contributed by atoms with Gasteiger partial charge in [-0.1, -0.05) is 13.3 Å². The van der Waals surface area contributed by atoms with Gasteiger partial charge in [0.25, 0.3) is 0 Å². The lowest BCUT2D eigenvalue weighted by Crippen LogP contribution is -2.54. The first-order chi connectivity index (χ1) is 8.69. The van der Waals surface area contributed by atoms with Crippen molar-refractivity contribution in [1.29, 1.82) is 0 Å². The zero-order valence-corrected chi connectivity index (χ0v) is 11.6. The molecule has 1 fully saturated rings. The van der Waals surface area contributed by atoms with E-state index in [0.717, 1.165) is 52.1 Å². The molecular formula is C13H28N4O. The molecule has 5 heteroatoms. The molecule has 0 radical (unpaired) electrons. The number of primary amides is 1. The summed E-state index contributed by atoms with van der Waals surface area (Å²) in [7, 11) is 0. The number of amides is 1. The van der Waals surface area contributed by atoms with Crippen LogP contribution in [-0.2, 0) is 4.79 Å². The Bertz CT molecular complexity index is 239. The third-order valence-corrected chi connectivity index (χ3v) is 3.74. The number of hydrogen-bond acceptors (Lipinski definition) is 4. The fraction of sp³-hybridized carbons (Fsp3) is 0.923. The summed E-state index contributed by atoms with van der Waals surface area (Å²) in [4.78, 5) is 16.0. The van der Waals surface area contributed by atoms with Crippen LogP contribution in [0.1, 0.15) is 32.6 Å². The molecular weight excluding hydrogens is 228 g/mol. The Morgan fingerprint density at radius 2 is 1.83 bits per heavy atom. The minimum absolute atomic E-state index is 0.0793. The first-order valence-corrected chi connectivity index (χ1v) is 7.14. The lowest BCUT2D eigenvalue weighted by atomic mass is 10.1. The fourth-order valence-electron chi connectivity index (χ4n) is 2.59. The van der Waals surface area contributed by atoms with Crippen LogP contribution in [0.3, 0.4) is 0 Å². The molecule has 0 aliphatic carbocycles. The van der Waals surface area contributed by atoms with Gasteiger partial charge in [0.05, 0.1) is 6.04 Å². The highest BCUT2D eigenvalue weighted by molar-refractivity contribution is 5.79. The van der Waals surface area contributed by atoms with E-state index in [4.69, 9.17) is 11.5 Å². The van der Waals surface area contributed by atoms with Gasteiger partial charge in [-0.15, -0.1) is 0 Å². The molecule has 18 heavy (non-hydrogen) atoms. The normalized spacial score (nSPS) is 19.9. The SMILES string of the molecule is CCC(C(N)=O)N1CCN(CCCCCN)CC1. The molecule has 0 saturated carbocycles. The predicted octanol–water partition coefficient (Wildman–Crippen LogP) is -0.00310. The summed E-state index contributed by atoms with van der Waals surface area (Å²) in [6.07, 6.45) is 4.38. The number of carbonyl (C=O) groups excluding carboxylic acids is 1. The second kappa shape index (κ2) is 8.45. The predicted molar refractivity (Wildman–Crippen MR) is 74.2 cm³/mol. The zero-order chi connectivity index (χ0) is 13.4. The van der Waals surface area contributed by atoms with E-state index in [1.54, 1.807) is 0 Å². The number of nitrogens with two attached hydrogens (primary N) is 2. The van der Waals surface area contributed by atoms with E-state index in [2.05, 4.69) is 9.80 Å². The van der Waals surface area contributed by atoms with Crippen LogP contribution in [-0.4, -0.2) is 61.0 Å². The minimum atomic E-state index is -0.186. The summed E-state index contributed by atoms with van der Waals surface area (Å²) in [5.74, 6) is -0.186. The number of carbonyl (C=O) groups is 1. The summed E-state index contributed by atoms with van der Waals surface area (Å²) in [5.41, 5.74) is 10.9. The van der Waals surface area contributed by atoms with E-state index in [1.807, 2.05) is 6.92 Å².